The Morgan fingerprint density at radius 3 is 2.77 bits per heavy atom. The predicted octanol–water partition coefficient (Wildman–Crippen LogP) is 3.16. The van der Waals surface area contributed by atoms with Crippen LogP contribution in [0.4, 0.5) is 0 Å². The first-order chi connectivity index (χ1) is 10.3. The van der Waals surface area contributed by atoms with Crippen molar-refractivity contribution in [1.29, 1.82) is 0 Å². The maximum absolute atomic E-state index is 12.8. The molecule has 2 heterocycles. The van der Waals surface area contributed by atoms with Crippen molar-refractivity contribution in [2.24, 2.45) is 5.92 Å². The largest absolute Gasteiger partial charge is 0.341 e. The van der Waals surface area contributed by atoms with Crippen molar-refractivity contribution in [3.8, 4) is 0 Å². The van der Waals surface area contributed by atoms with Gasteiger partial charge in [0.1, 0.15) is 0 Å². The molecule has 1 aromatic carbocycles. The SMILES string of the molecule is CCC1CCCN(C(=O)C2Cc3ccccc3CN2)CC1.Cl. The van der Waals surface area contributed by atoms with Gasteiger partial charge >= 0.3 is 0 Å². The molecule has 1 N–H and O–H groups in total. The number of rotatable bonds is 2. The van der Waals surface area contributed by atoms with Gasteiger partial charge in [0.05, 0.1) is 6.04 Å². The molecule has 1 aromatic rings. The van der Waals surface area contributed by atoms with Crippen LogP contribution in [0.1, 0.15) is 43.7 Å². The number of amides is 1. The van der Waals surface area contributed by atoms with Crippen LogP contribution in [0.5, 0.6) is 0 Å². The maximum Gasteiger partial charge on any atom is 0.240 e. The van der Waals surface area contributed by atoms with E-state index in [1.165, 1.54) is 30.4 Å². The Labute approximate surface area is 139 Å². The Morgan fingerprint density at radius 2 is 2.00 bits per heavy atom. The lowest BCUT2D eigenvalue weighted by Gasteiger charge is -2.30. The van der Waals surface area contributed by atoms with Gasteiger partial charge in [-0.15, -0.1) is 12.4 Å². The van der Waals surface area contributed by atoms with Crippen molar-refractivity contribution >= 4 is 18.3 Å². The van der Waals surface area contributed by atoms with Crippen LogP contribution in [0.3, 0.4) is 0 Å². The number of hydrogen-bond acceptors (Lipinski definition) is 2. The maximum atomic E-state index is 12.8. The summed E-state index contributed by atoms with van der Waals surface area (Å²) in [6.45, 7) is 4.96. The van der Waals surface area contributed by atoms with Crippen molar-refractivity contribution in [2.75, 3.05) is 13.1 Å². The summed E-state index contributed by atoms with van der Waals surface area (Å²) in [4.78, 5) is 14.9. The van der Waals surface area contributed by atoms with E-state index in [4.69, 9.17) is 0 Å². The van der Waals surface area contributed by atoms with Gasteiger partial charge in [-0.2, -0.15) is 0 Å². The molecule has 2 aliphatic heterocycles. The zero-order valence-corrected chi connectivity index (χ0v) is 14.2. The Kier molecular flexibility index (Phi) is 6.27. The standard InChI is InChI=1S/C18H26N2O.ClH/c1-2-14-6-5-10-20(11-9-14)18(21)17-12-15-7-3-4-8-16(15)13-19-17;/h3-4,7-8,14,17,19H,2,5-6,9-13H2,1H3;1H. The van der Waals surface area contributed by atoms with Crippen molar-refractivity contribution in [1.82, 2.24) is 10.2 Å². The molecule has 0 radical (unpaired) electrons. The topological polar surface area (TPSA) is 32.3 Å². The second kappa shape index (κ2) is 7.98. The average Bonchev–Trinajstić information content (AvgIpc) is 2.79. The van der Waals surface area contributed by atoms with Gasteiger partial charge in [-0.05, 0) is 42.7 Å². The molecule has 3 nitrogen and oxygen atoms in total. The zero-order valence-electron chi connectivity index (χ0n) is 13.4. The lowest BCUT2D eigenvalue weighted by Crippen LogP contribution is -2.49. The molecule has 1 fully saturated rings. The molecule has 22 heavy (non-hydrogen) atoms. The summed E-state index contributed by atoms with van der Waals surface area (Å²) >= 11 is 0. The first kappa shape index (κ1) is 17.3. The number of fused-ring (bicyclic) bond motifs is 1. The summed E-state index contributed by atoms with van der Waals surface area (Å²) in [5.41, 5.74) is 2.67. The van der Waals surface area contributed by atoms with Gasteiger partial charge in [-0.1, -0.05) is 37.6 Å². The van der Waals surface area contributed by atoms with E-state index < -0.39 is 0 Å². The molecular formula is C18H27ClN2O. The van der Waals surface area contributed by atoms with Gasteiger partial charge in [0.2, 0.25) is 5.91 Å². The minimum Gasteiger partial charge on any atom is -0.341 e. The molecule has 122 valence electrons. The third kappa shape index (κ3) is 3.82. The van der Waals surface area contributed by atoms with Crippen molar-refractivity contribution in [2.45, 2.75) is 51.6 Å². The van der Waals surface area contributed by atoms with E-state index in [-0.39, 0.29) is 18.4 Å². The van der Waals surface area contributed by atoms with Crippen LogP contribution in [0.15, 0.2) is 24.3 Å². The van der Waals surface area contributed by atoms with Crippen molar-refractivity contribution in [3.05, 3.63) is 35.4 Å². The monoisotopic (exact) mass is 322 g/mol. The summed E-state index contributed by atoms with van der Waals surface area (Å²) in [6.07, 6.45) is 5.69. The van der Waals surface area contributed by atoms with Gasteiger partial charge < -0.3 is 10.2 Å². The van der Waals surface area contributed by atoms with Crippen LogP contribution >= 0.6 is 12.4 Å². The van der Waals surface area contributed by atoms with Crippen LogP contribution in [0.2, 0.25) is 0 Å². The van der Waals surface area contributed by atoms with Gasteiger partial charge in [-0.3, -0.25) is 4.79 Å². The summed E-state index contributed by atoms with van der Waals surface area (Å²) < 4.78 is 0. The van der Waals surface area contributed by atoms with Crippen LogP contribution in [-0.4, -0.2) is 29.9 Å². The second-order valence-corrected chi connectivity index (χ2v) is 6.44. The first-order valence-corrected chi connectivity index (χ1v) is 8.37. The van der Waals surface area contributed by atoms with E-state index in [0.29, 0.717) is 5.91 Å². The van der Waals surface area contributed by atoms with Gasteiger partial charge in [0, 0.05) is 19.6 Å². The van der Waals surface area contributed by atoms with Crippen LogP contribution in [0, 0.1) is 5.92 Å². The Balaban J connectivity index is 0.00000176. The molecular weight excluding hydrogens is 296 g/mol. The van der Waals surface area contributed by atoms with Gasteiger partial charge in [0.25, 0.3) is 0 Å². The minimum atomic E-state index is -0.0296. The molecule has 3 rings (SSSR count). The van der Waals surface area contributed by atoms with E-state index in [2.05, 4.69) is 41.4 Å². The molecule has 1 saturated heterocycles. The smallest absolute Gasteiger partial charge is 0.240 e. The lowest BCUT2D eigenvalue weighted by atomic mass is 9.95. The molecule has 0 aromatic heterocycles. The van der Waals surface area contributed by atoms with Crippen LogP contribution in [0.25, 0.3) is 0 Å². The highest BCUT2D eigenvalue weighted by atomic mass is 35.5. The molecule has 4 heteroatoms. The fourth-order valence-electron chi connectivity index (χ4n) is 3.64. The van der Waals surface area contributed by atoms with E-state index in [0.717, 1.165) is 38.4 Å². The molecule has 0 saturated carbocycles. The summed E-state index contributed by atoms with van der Waals surface area (Å²) in [6, 6.07) is 8.43. The van der Waals surface area contributed by atoms with E-state index in [9.17, 15) is 4.79 Å². The van der Waals surface area contributed by atoms with Crippen molar-refractivity contribution < 1.29 is 4.79 Å². The summed E-state index contributed by atoms with van der Waals surface area (Å²) in [5, 5.41) is 3.43. The number of nitrogens with zero attached hydrogens (tertiary/aromatic N) is 1. The van der Waals surface area contributed by atoms with Gasteiger partial charge in [-0.25, -0.2) is 0 Å². The Morgan fingerprint density at radius 1 is 1.23 bits per heavy atom. The number of benzene rings is 1. The number of carbonyl (C=O) groups excluding carboxylic acids is 1. The quantitative estimate of drug-likeness (QED) is 0.907. The fourth-order valence-corrected chi connectivity index (χ4v) is 3.64. The average molecular weight is 323 g/mol. The minimum absolute atomic E-state index is 0. The molecule has 2 unspecified atom stereocenters. The molecule has 0 bridgehead atoms. The molecule has 0 spiro atoms. The zero-order chi connectivity index (χ0) is 14.7. The highest BCUT2D eigenvalue weighted by Crippen LogP contribution is 2.22. The number of hydrogen-bond donors (Lipinski definition) is 1. The van der Waals surface area contributed by atoms with Gasteiger partial charge in [0.15, 0.2) is 0 Å². The summed E-state index contributed by atoms with van der Waals surface area (Å²) in [7, 11) is 0. The van der Waals surface area contributed by atoms with E-state index in [1.54, 1.807) is 0 Å². The first-order valence-electron chi connectivity index (χ1n) is 8.37. The fraction of sp³-hybridized carbons (Fsp3) is 0.611. The molecule has 2 aliphatic rings. The number of nitrogens with one attached hydrogen (secondary N) is 1. The highest BCUT2D eigenvalue weighted by molar-refractivity contribution is 5.85. The third-order valence-electron chi connectivity index (χ3n) is 5.12. The van der Waals surface area contributed by atoms with Crippen LogP contribution in [-0.2, 0) is 17.8 Å². The summed E-state index contributed by atoms with van der Waals surface area (Å²) in [5.74, 6) is 1.11. The van der Waals surface area contributed by atoms with E-state index >= 15 is 0 Å². The third-order valence-corrected chi connectivity index (χ3v) is 5.12. The predicted molar refractivity (Wildman–Crippen MR) is 92.2 cm³/mol. The number of halogens is 1. The molecule has 1 amide bonds. The Hall–Kier alpha value is -1.06. The lowest BCUT2D eigenvalue weighted by molar-refractivity contribution is -0.133. The highest BCUT2D eigenvalue weighted by Gasteiger charge is 2.29. The molecule has 2 atom stereocenters. The second-order valence-electron chi connectivity index (χ2n) is 6.44. The number of carbonyl (C=O) groups is 1. The Bertz CT molecular complexity index is 506. The molecule has 0 aliphatic carbocycles. The van der Waals surface area contributed by atoms with E-state index in [1.807, 2.05) is 0 Å². The van der Waals surface area contributed by atoms with Crippen molar-refractivity contribution in [3.63, 3.8) is 0 Å². The van der Waals surface area contributed by atoms with Crippen LogP contribution < -0.4 is 5.32 Å². The normalized spacial score (nSPS) is 24.9. The number of likely N-dealkylation sites (tertiary alicyclic amines) is 1.